The molecule has 3 aromatic rings. The average molecular weight is 551 g/mol. The number of morpholine rings is 1. The molecule has 0 spiro atoms. The lowest BCUT2D eigenvalue weighted by atomic mass is 10.0. The summed E-state index contributed by atoms with van der Waals surface area (Å²) < 4.78 is 7.06. The predicted octanol–water partition coefficient (Wildman–Crippen LogP) is 3.08. The molecule has 10 heteroatoms. The van der Waals surface area contributed by atoms with Crippen LogP contribution in [0.2, 0.25) is 5.02 Å². The highest BCUT2D eigenvalue weighted by atomic mass is 35.5. The molecule has 3 aliphatic rings. The normalized spacial score (nSPS) is 20.2. The number of amides is 1. The van der Waals surface area contributed by atoms with Crippen LogP contribution in [-0.4, -0.2) is 91.2 Å². The minimum absolute atomic E-state index is 0.0567. The summed E-state index contributed by atoms with van der Waals surface area (Å²) in [7, 11) is 4.09. The number of rotatable bonds is 5. The number of para-hydroxylation sites is 1. The van der Waals surface area contributed by atoms with Gasteiger partial charge in [0.1, 0.15) is 11.5 Å². The maximum Gasteiger partial charge on any atom is 0.259 e. The minimum Gasteiger partial charge on any atom is -0.378 e. The number of halogens is 1. The summed E-state index contributed by atoms with van der Waals surface area (Å²) >= 11 is 6.68. The number of fused-ring (bicyclic) bond motifs is 2. The van der Waals surface area contributed by atoms with Crippen LogP contribution >= 0.6 is 11.6 Å². The van der Waals surface area contributed by atoms with Crippen molar-refractivity contribution in [3.63, 3.8) is 0 Å². The third-order valence-corrected chi connectivity index (χ3v) is 8.74. The summed E-state index contributed by atoms with van der Waals surface area (Å²) in [5.41, 5.74) is 3.94. The molecule has 3 aliphatic heterocycles. The number of anilines is 2. The largest absolute Gasteiger partial charge is 0.378 e. The zero-order chi connectivity index (χ0) is 27.3. The van der Waals surface area contributed by atoms with Crippen molar-refractivity contribution >= 4 is 34.7 Å². The van der Waals surface area contributed by atoms with Crippen molar-refractivity contribution in [3.8, 4) is 0 Å². The van der Waals surface area contributed by atoms with E-state index in [-0.39, 0.29) is 17.5 Å². The van der Waals surface area contributed by atoms with Gasteiger partial charge in [0.2, 0.25) is 0 Å². The molecule has 206 valence electrons. The second-order valence-electron chi connectivity index (χ2n) is 11.0. The molecular weight excluding hydrogens is 516 g/mol. The lowest BCUT2D eigenvalue weighted by Crippen LogP contribution is -2.38. The van der Waals surface area contributed by atoms with Gasteiger partial charge in [0.05, 0.1) is 35.5 Å². The van der Waals surface area contributed by atoms with Crippen LogP contribution in [0.25, 0.3) is 5.65 Å². The van der Waals surface area contributed by atoms with Crippen molar-refractivity contribution in [2.24, 2.45) is 0 Å². The van der Waals surface area contributed by atoms with Crippen LogP contribution in [0.15, 0.2) is 41.3 Å². The van der Waals surface area contributed by atoms with Gasteiger partial charge in [-0.15, -0.1) is 0 Å². The summed E-state index contributed by atoms with van der Waals surface area (Å²) in [6.07, 6.45) is 3.49. The van der Waals surface area contributed by atoms with E-state index >= 15 is 0 Å². The number of hydrogen-bond acceptors (Lipinski definition) is 7. The van der Waals surface area contributed by atoms with E-state index in [1.165, 1.54) is 5.56 Å². The summed E-state index contributed by atoms with van der Waals surface area (Å²) in [4.78, 5) is 40.7. The highest BCUT2D eigenvalue weighted by Crippen LogP contribution is 2.41. The molecule has 0 radical (unpaired) electrons. The van der Waals surface area contributed by atoms with Gasteiger partial charge in [-0.2, -0.15) is 0 Å². The van der Waals surface area contributed by atoms with Crippen molar-refractivity contribution in [1.29, 1.82) is 0 Å². The smallest absolute Gasteiger partial charge is 0.259 e. The standard InChI is InChI=1S/C29H35ClN6O3/c1-19(35-10-7-20-5-4-6-24(30)27(20)35)23-15-21(29(38)34-9-8-22(18-34)32(2)3)17-36-26(37)16-25(31-28(23)36)33-11-13-39-14-12-33/h4-6,15-17,19,22H,7-14,18H2,1-3H3. The Hall–Kier alpha value is -3.14. The predicted molar refractivity (Wildman–Crippen MR) is 153 cm³/mol. The fourth-order valence-electron chi connectivity index (χ4n) is 6.12. The quantitative estimate of drug-likeness (QED) is 0.483. The van der Waals surface area contributed by atoms with Crippen molar-refractivity contribution in [3.05, 3.63) is 68.6 Å². The molecular formula is C29H35ClN6O3. The monoisotopic (exact) mass is 550 g/mol. The summed E-state index contributed by atoms with van der Waals surface area (Å²) in [6.45, 7) is 6.84. The third-order valence-electron chi connectivity index (χ3n) is 8.44. The molecule has 2 atom stereocenters. The van der Waals surface area contributed by atoms with E-state index in [0.29, 0.717) is 67.5 Å². The number of carbonyl (C=O) groups excluding carboxylic acids is 1. The van der Waals surface area contributed by atoms with E-state index in [1.807, 2.05) is 37.2 Å². The second kappa shape index (κ2) is 10.4. The average Bonchev–Trinajstić information content (AvgIpc) is 3.61. The Morgan fingerprint density at radius 1 is 1.15 bits per heavy atom. The highest BCUT2D eigenvalue weighted by molar-refractivity contribution is 6.33. The maximum atomic E-state index is 13.7. The van der Waals surface area contributed by atoms with Crippen molar-refractivity contribution in [1.82, 2.24) is 19.2 Å². The first-order chi connectivity index (χ1) is 18.8. The number of aromatic nitrogens is 2. The number of nitrogens with zero attached hydrogens (tertiary/aromatic N) is 6. The zero-order valence-electron chi connectivity index (χ0n) is 22.8. The lowest BCUT2D eigenvalue weighted by molar-refractivity contribution is 0.0782. The van der Waals surface area contributed by atoms with Gasteiger partial charge in [0, 0.05) is 56.6 Å². The Balaban J connectivity index is 1.46. The van der Waals surface area contributed by atoms with Gasteiger partial charge in [0.25, 0.3) is 11.5 Å². The van der Waals surface area contributed by atoms with Crippen LogP contribution in [0.3, 0.4) is 0 Å². The first-order valence-electron chi connectivity index (χ1n) is 13.7. The Morgan fingerprint density at radius 2 is 1.95 bits per heavy atom. The van der Waals surface area contributed by atoms with Crippen molar-refractivity contribution in [2.45, 2.75) is 31.8 Å². The molecule has 0 N–H and O–H groups in total. The third kappa shape index (κ3) is 4.77. The molecule has 1 aromatic carbocycles. The fourth-order valence-corrected chi connectivity index (χ4v) is 6.42. The van der Waals surface area contributed by atoms with Gasteiger partial charge in [-0.1, -0.05) is 23.7 Å². The van der Waals surface area contributed by atoms with Crippen LogP contribution < -0.4 is 15.4 Å². The Kier molecular flexibility index (Phi) is 6.99. The van der Waals surface area contributed by atoms with E-state index < -0.39 is 0 Å². The first kappa shape index (κ1) is 26.1. The van der Waals surface area contributed by atoms with E-state index in [4.69, 9.17) is 21.3 Å². The van der Waals surface area contributed by atoms with Crippen LogP contribution in [-0.2, 0) is 11.2 Å². The van der Waals surface area contributed by atoms with Gasteiger partial charge in [0.15, 0.2) is 0 Å². The minimum atomic E-state index is -0.197. The Bertz CT molecular complexity index is 1470. The number of hydrogen-bond donors (Lipinski definition) is 0. The molecule has 5 heterocycles. The van der Waals surface area contributed by atoms with Gasteiger partial charge >= 0.3 is 0 Å². The number of pyridine rings is 1. The molecule has 2 unspecified atom stereocenters. The fraction of sp³-hybridized carbons (Fsp3) is 0.483. The maximum absolute atomic E-state index is 13.7. The second-order valence-corrected chi connectivity index (χ2v) is 11.4. The van der Waals surface area contributed by atoms with Crippen molar-refractivity contribution in [2.75, 3.05) is 69.8 Å². The molecule has 6 rings (SSSR count). The topological polar surface area (TPSA) is 73.6 Å². The summed E-state index contributed by atoms with van der Waals surface area (Å²) in [5.74, 6) is 0.586. The van der Waals surface area contributed by atoms with E-state index in [2.05, 4.69) is 27.7 Å². The number of carbonyl (C=O) groups is 1. The molecule has 2 aromatic heterocycles. The SMILES string of the molecule is CC(c1cc(C(=O)N2CCC(N(C)C)C2)cn2c(=O)cc(N3CCOCC3)nc12)N1CCc2cccc(Cl)c21. The Morgan fingerprint density at radius 3 is 2.69 bits per heavy atom. The van der Waals surface area contributed by atoms with Crippen molar-refractivity contribution < 1.29 is 9.53 Å². The van der Waals surface area contributed by atoms with Crippen LogP contribution in [0.4, 0.5) is 11.5 Å². The van der Waals surface area contributed by atoms with Gasteiger partial charge in [-0.05, 0) is 51.6 Å². The van der Waals surface area contributed by atoms with Crippen LogP contribution in [0.5, 0.6) is 0 Å². The number of ether oxygens (including phenoxy) is 1. The molecule has 1 amide bonds. The number of likely N-dealkylation sites (tertiary alicyclic amines) is 1. The van der Waals surface area contributed by atoms with Gasteiger partial charge in [-0.25, -0.2) is 4.98 Å². The van der Waals surface area contributed by atoms with E-state index in [9.17, 15) is 9.59 Å². The number of likely N-dealkylation sites (N-methyl/N-ethyl adjacent to an activating group) is 1. The molecule has 2 saturated heterocycles. The molecule has 0 aliphatic carbocycles. The molecule has 0 saturated carbocycles. The highest BCUT2D eigenvalue weighted by Gasteiger charge is 2.32. The first-order valence-corrected chi connectivity index (χ1v) is 14.1. The molecule has 0 bridgehead atoms. The summed E-state index contributed by atoms with van der Waals surface area (Å²) in [6, 6.07) is 9.69. The van der Waals surface area contributed by atoms with Gasteiger partial charge < -0.3 is 24.3 Å². The molecule has 9 nitrogen and oxygen atoms in total. The van der Waals surface area contributed by atoms with Crippen LogP contribution in [0, 0.1) is 0 Å². The van der Waals surface area contributed by atoms with Crippen LogP contribution in [0.1, 0.15) is 40.9 Å². The number of benzene rings is 1. The van der Waals surface area contributed by atoms with Gasteiger partial charge in [-0.3, -0.25) is 14.0 Å². The van der Waals surface area contributed by atoms with E-state index in [0.717, 1.165) is 30.6 Å². The molecule has 39 heavy (non-hydrogen) atoms. The van der Waals surface area contributed by atoms with E-state index in [1.54, 1.807) is 16.7 Å². The summed E-state index contributed by atoms with van der Waals surface area (Å²) in [5, 5.41) is 0.708. The molecule has 2 fully saturated rings. The zero-order valence-corrected chi connectivity index (χ0v) is 23.5. The lowest BCUT2D eigenvalue weighted by Gasteiger charge is -2.31. The Labute approximate surface area is 233 Å².